The predicted molar refractivity (Wildman–Crippen MR) is 112 cm³/mol. The molecule has 1 saturated heterocycles. The fourth-order valence-corrected chi connectivity index (χ4v) is 5.01. The third-order valence-electron chi connectivity index (χ3n) is 6.53. The molecule has 2 aliphatic carbocycles. The molecule has 1 heterocycles. The van der Waals surface area contributed by atoms with Crippen LogP contribution in [0.1, 0.15) is 22.3 Å². The van der Waals surface area contributed by atoms with Crippen LogP contribution in [-0.2, 0) is 9.59 Å². The zero-order valence-corrected chi connectivity index (χ0v) is 16.6. The molecule has 8 heteroatoms. The van der Waals surface area contributed by atoms with Crippen LogP contribution in [0.15, 0.2) is 54.6 Å². The molecule has 1 saturated carbocycles. The molecule has 3 aliphatic rings. The first-order valence-corrected chi connectivity index (χ1v) is 10.1. The summed E-state index contributed by atoms with van der Waals surface area (Å²) in [5.74, 6) is -0.957. The van der Waals surface area contributed by atoms with Crippen molar-refractivity contribution in [2.45, 2.75) is 13.3 Å². The van der Waals surface area contributed by atoms with Gasteiger partial charge in [-0.05, 0) is 61.1 Å². The van der Waals surface area contributed by atoms with Crippen LogP contribution in [0.4, 0.5) is 17.1 Å². The van der Waals surface area contributed by atoms with E-state index in [0.717, 1.165) is 6.42 Å². The average molecular weight is 417 g/mol. The van der Waals surface area contributed by atoms with Crippen molar-refractivity contribution < 1.29 is 19.3 Å². The number of amides is 3. The van der Waals surface area contributed by atoms with Crippen LogP contribution in [0.5, 0.6) is 0 Å². The van der Waals surface area contributed by atoms with E-state index in [1.807, 2.05) is 12.2 Å². The molecular formula is C23H19N3O5. The maximum Gasteiger partial charge on any atom is 0.269 e. The van der Waals surface area contributed by atoms with Crippen molar-refractivity contribution in [1.82, 2.24) is 0 Å². The summed E-state index contributed by atoms with van der Waals surface area (Å²) in [6, 6.07) is 10.5. The third-order valence-corrected chi connectivity index (χ3v) is 6.53. The Balaban J connectivity index is 1.33. The minimum absolute atomic E-state index is 0.0480. The number of nitro benzene ring substituents is 1. The van der Waals surface area contributed by atoms with Crippen molar-refractivity contribution in [3.8, 4) is 0 Å². The number of carbonyl (C=O) groups is 3. The summed E-state index contributed by atoms with van der Waals surface area (Å²) in [4.78, 5) is 50.0. The molecule has 156 valence electrons. The second-order valence-electron chi connectivity index (χ2n) is 8.27. The largest absolute Gasteiger partial charge is 0.322 e. The van der Waals surface area contributed by atoms with Crippen LogP contribution in [0.25, 0.3) is 0 Å². The Bertz CT molecular complexity index is 1140. The summed E-state index contributed by atoms with van der Waals surface area (Å²) in [6.45, 7) is 1.68. The highest BCUT2D eigenvalue weighted by Crippen LogP contribution is 2.53. The van der Waals surface area contributed by atoms with Gasteiger partial charge in [0.25, 0.3) is 11.6 Å². The minimum Gasteiger partial charge on any atom is -0.322 e. The van der Waals surface area contributed by atoms with Gasteiger partial charge in [0, 0.05) is 23.4 Å². The number of imide groups is 1. The van der Waals surface area contributed by atoms with E-state index < -0.39 is 4.92 Å². The number of allylic oxidation sites excluding steroid dienone is 2. The van der Waals surface area contributed by atoms with E-state index in [0.29, 0.717) is 22.5 Å². The summed E-state index contributed by atoms with van der Waals surface area (Å²) >= 11 is 0. The second kappa shape index (κ2) is 6.87. The molecule has 0 unspecified atom stereocenters. The minimum atomic E-state index is -0.492. The monoisotopic (exact) mass is 417 g/mol. The van der Waals surface area contributed by atoms with Gasteiger partial charge in [0.1, 0.15) is 0 Å². The molecule has 1 N–H and O–H groups in total. The van der Waals surface area contributed by atoms with E-state index in [1.54, 1.807) is 31.2 Å². The lowest BCUT2D eigenvalue weighted by Crippen LogP contribution is -2.32. The Hall–Kier alpha value is -3.81. The number of hydrogen-bond donors (Lipinski definition) is 1. The molecule has 2 aromatic carbocycles. The van der Waals surface area contributed by atoms with E-state index in [4.69, 9.17) is 0 Å². The number of nitrogens with zero attached hydrogens (tertiary/aromatic N) is 2. The Morgan fingerprint density at radius 1 is 1.03 bits per heavy atom. The molecular weight excluding hydrogens is 398 g/mol. The quantitative estimate of drug-likeness (QED) is 0.355. The Morgan fingerprint density at radius 2 is 1.65 bits per heavy atom. The highest BCUT2D eigenvalue weighted by atomic mass is 16.6. The van der Waals surface area contributed by atoms with Gasteiger partial charge in [-0.3, -0.25) is 29.4 Å². The number of nitro groups is 1. The first kappa shape index (κ1) is 19.2. The van der Waals surface area contributed by atoms with Crippen molar-refractivity contribution in [3.63, 3.8) is 0 Å². The van der Waals surface area contributed by atoms with Gasteiger partial charge in [-0.1, -0.05) is 12.2 Å². The Labute approximate surface area is 177 Å². The topological polar surface area (TPSA) is 110 Å². The summed E-state index contributed by atoms with van der Waals surface area (Å²) < 4.78 is 0. The number of carbonyl (C=O) groups excluding carboxylic acids is 3. The van der Waals surface area contributed by atoms with Gasteiger partial charge >= 0.3 is 0 Å². The number of hydrogen-bond acceptors (Lipinski definition) is 5. The molecule has 2 aromatic rings. The second-order valence-corrected chi connectivity index (χ2v) is 8.27. The van der Waals surface area contributed by atoms with Gasteiger partial charge in [-0.25, -0.2) is 0 Å². The van der Waals surface area contributed by atoms with Gasteiger partial charge in [0.15, 0.2) is 0 Å². The van der Waals surface area contributed by atoms with Crippen LogP contribution in [-0.4, -0.2) is 22.6 Å². The highest BCUT2D eigenvalue weighted by Gasteiger charge is 2.59. The zero-order valence-electron chi connectivity index (χ0n) is 16.6. The fourth-order valence-electron chi connectivity index (χ4n) is 5.01. The molecule has 4 atom stereocenters. The highest BCUT2D eigenvalue weighted by molar-refractivity contribution is 6.23. The van der Waals surface area contributed by atoms with Crippen molar-refractivity contribution in [3.05, 3.63) is 75.9 Å². The van der Waals surface area contributed by atoms with Crippen LogP contribution >= 0.6 is 0 Å². The van der Waals surface area contributed by atoms with Crippen molar-refractivity contribution in [2.75, 3.05) is 10.2 Å². The predicted octanol–water partition coefficient (Wildman–Crippen LogP) is 3.47. The fraction of sp³-hybridized carbons (Fsp3) is 0.261. The average Bonchev–Trinajstić information content (AvgIpc) is 3.43. The lowest BCUT2D eigenvalue weighted by Gasteiger charge is -2.17. The molecule has 0 spiro atoms. The SMILES string of the molecule is Cc1cc([N+](=O)[O-])ccc1NC(=O)c1ccc(N2C(=O)[C@@H]3[C@H](C2=O)[C@@H]2C=C[C@H]3C2)cc1. The van der Waals surface area contributed by atoms with E-state index >= 15 is 0 Å². The number of benzene rings is 2. The molecule has 3 amide bonds. The van der Waals surface area contributed by atoms with Crippen molar-refractivity contribution >= 4 is 34.8 Å². The number of aryl methyl sites for hydroxylation is 1. The smallest absolute Gasteiger partial charge is 0.269 e. The van der Waals surface area contributed by atoms with Gasteiger partial charge in [0.05, 0.1) is 22.4 Å². The summed E-state index contributed by atoms with van der Waals surface area (Å²) in [7, 11) is 0. The maximum atomic E-state index is 12.9. The van der Waals surface area contributed by atoms with Gasteiger partial charge < -0.3 is 5.32 Å². The van der Waals surface area contributed by atoms with E-state index in [2.05, 4.69) is 5.32 Å². The van der Waals surface area contributed by atoms with Crippen molar-refractivity contribution in [1.29, 1.82) is 0 Å². The Kier molecular flexibility index (Phi) is 4.25. The Morgan fingerprint density at radius 3 is 2.19 bits per heavy atom. The maximum absolute atomic E-state index is 12.9. The van der Waals surface area contributed by atoms with Gasteiger partial charge in [-0.2, -0.15) is 0 Å². The molecule has 2 fully saturated rings. The number of nitrogens with one attached hydrogen (secondary N) is 1. The van der Waals surface area contributed by atoms with E-state index in [-0.39, 0.29) is 47.1 Å². The molecule has 8 nitrogen and oxygen atoms in total. The summed E-state index contributed by atoms with van der Waals surface area (Å²) in [6.07, 6.45) is 4.98. The number of anilines is 2. The van der Waals surface area contributed by atoms with Crippen molar-refractivity contribution in [2.24, 2.45) is 23.7 Å². The van der Waals surface area contributed by atoms with Crippen LogP contribution in [0.3, 0.4) is 0 Å². The molecule has 1 aliphatic heterocycles. The number of non-ortho nitro benzene ring substituents is 1. The lowest BCUT2D eigenvalue weighted by molar-refractivity contribution is -0.384. The number of fused-ring (bicyclic) bond motifs is 5. The number of rotatable bonds is 4. The van der Waals surface area contributed by atoms with Crippen LogP contribution in [0, 0.1) is 40.7 Å². The molecule has 5 rings (SSSR count). The van der Waals surface area contributed by atoms with Crippen LogP contribution < -0.4 is 10.2 Å². The first-order valence-electron chi connectivity index (χ1n) is 10.1. The van der Waals surface area contributed by atoms with Gasteiger partial charge in [-0.15, -0.1) is 0 Å². The molecule has 2 bridgehead atoms. The van der Waals surface area contributed by atoms with Gasteiger partial charge in [0.2, 0.25) is 11.8 Å². The molecule has 0 aromatic heterocycles. The van der Waals surface area contributed by atoms with E-state index in [9.17, 15) is 24.5 Å². The van der Waals surface area contributed by atoms with E-state index in [1.165, 1.54) is 23.1 Å². The summed E-state index contributed by atoms with van der Waals surface area (Å²) in [5, 5.41) is 13.6. The third kappa shape index (κ3) is 2.94. The molecule has 31 heavy (non-hydrogen) atoms. The standard InChI is InChI=1S/C23H19N3O5/c1-12-10-17(26(30)31)8-9-18(12)24-21(27)13-4-6-16(7-5-13)25-22(28)19-14-2-3-15(11-14)20(19)23(25)29/h2-10,14-15,19-20H,11H2,1H3,(H,24,27)/t14-,15+,19-,20+. The molecule has 0 radical (unpaired) electrons. The lowest BCUT2D eigenvalue weighted by atomic mass is 9.85. The normalized spacial score (nSPS) is 25.8. The van der Waals surface area contributed by atoms with Crippen LogP contribution in [0.2, 0.25) is 0 Å². The zero-order chi connectivity index (χ0) is 21.9. The first-order chi connectivity index (χ1) is 14.8. The summed E-state index contributed by atoms with van der Waals surface area (Å²) in [5.41, 5.74) is 1.81.